The van der Waals surface area contributed by atoms with Gasteiger partial charge in [-0.3, -0.25) is 10.1 Å². The molecule has 0 bridgehead atoms. The SMILES string of the molecule is CCc1nc(Cl)nc(N2CCSCC2)c1[N+](=O)[O-]. The molecule has 0 amide bonds. The van der Waals surface area contributed by atoms with Crippen molar-refractivity contribution in [2.45, 2.75) is 13.3 Å². The lowest BCUT2D eigenvalue weighted by atomic mass is 10.2. The van der Waals surface area contributed by atoms with Crippen molar-refractivity contribution in [3.8, 4) is 0 Å². The maximum atomic E-state index is 11.2. The van der Waals surface area contributed by atoms with Crippen molar-refractivity contribution in [2.75, 3.05) is 29.5 Å². The van der Waals surface area contributed by atoms with Crippen LogP contribution in [0.25, 0.3) is 0 Å². The molecule has 0 saturated carbocycles. The summed E-state index contributed by atoms with van der Waals surface area (Å²) in [6.45, 7) is 3.32. The van der Waals surface area contributed by atoms with Gasteiger partial charge in [-0.25, -0.2) is 4.98 Å². The number of halogens is 1. The molecular formula is C10H13ClN4O2S. The molecule has 1 fully saturated rings. The van der Waals surface area contributed by atoms with Gasteiger partial charge in [-0.2, -0.15) is 16.7 Å². The van der Waals surface area contributed by atoms with Crippen LogP contribution in [0.15, 0.2) is 0 Å². The van der Waals surface area contributed by atoms with E-state index in [4.69, 9.17) is 11.6 Å². The first-order chi connectivity index (χ1) is 8.63. The summed E-state index contributed by atoms with van der Waals surface area (Å²) in [5, 5.41) is 11.3. The van der Waals surface area contributed by atoms with Gasteiger partial charge in [0, 0.05) is 24.6 Å². The van der Waals surface area contributed by atoms with Crippen LogP contribution >= 0.6 is 23.4 Å². The van der Waals surface area contributed by atoms with Gasteiger partial charge in [0.2, 0.25) is 11.1 Å². The van der Waals surface area contributed by atoms with Gasteiger partial charge in [0.25, 0.3) is 0 Å². The fraction of sp³-hybridized carbons (Fsp3) is 0.600. The van der Waals surface area contributed by atoms with E-state index in [-0.39, 0.29) is 11.0 Å². The minimum atomic E-state index is -0.410. The standard InChI is InChI=1S/C10H13ClN4O2S/c1-2-7-8(15(16)17)9(13-10(11)12-7)14-3-5-18-6-4-14/h2-6H2,1H3. The molecule has 1 aliphatic rings. The minimum absolute atomic E-state index is 0.00574. The van der Waals surface area contributed by atoms with Gasteiger partial charge < -0.3 is 4.90 Å². The first kappa shape index (κ1) is 13.4. The van der Waals surface area contributed by atoms with E-state index in [9.17, 15) is 10.1 Å². The average Bonchev–Trinajstić information content (AvgIpc) is 2.38. The maximum absolute atomic E-state index is 11.2. The first-order valence-corrected chi connectivity index (χ1v) is 7.20. The second kappa shape index (κ2) is 5.71. The van der Waals surface area contributed by atoms with Crippen LogP contribution in [0.1, 0.15) is 12.6 Å². The highest BCUT2D eigenvalue weighted by atomic mass is 35.5. The minimum Gasteiger partial charge on any atom is -0.349 e. The van der Waals surface area contributed by atoms with Crippen LogP contribution in [0.4, 0.5) is 11.5 Å². The van der Waals surface area contributed by atoms with E-state index in [0.717, 1.165) is 24.6 Å². The van der Waals surface area contributed by atoms with E-state index in [0.29, 0.717) is 17.9 Å². The molecule has 1 saturated heterocycles. The Balaban J connectivity index is 2.49. The van der Waals surface area contributed by atoms with Crippen molar-refractivity contribution >= 4 is 34.9 Å². The largest absolute Gasteiger partial charge is 0.349 e. The smallest absolute Gasteiger partial charge is 0.332 e. The van der Waals surface area contributed by atoms with E-state index in [1.54, 1.807) is 0 Å². The Kier molecular flexibility index (Phi) is 4.23. The Bertz CT molecular complexity index is 465. The number of rotatable bonds is 3. The molecule has 0 atom stereocenters. The van der Waals surface area contributed by atoms with Gasteiger partial charge in [0.1, 0.15) is 5.69 Å². The van der Waals surface area contributed by atoms with E-state index >= 15 is 0 Å². The second-order valence-electron chi connectivity index (χ2n) is 3.82. The summed E-state index contributed by atoms with van der Waals surface area (Å²) in [5.74, 6) is 2.25. The van der Waals surface area contributed by atoms with Gasteiger partial charge in [-0.15, -0.1) is 0 Å². The lowest BCUT2D eigenvalue weighted by Gasteiger charge is -2.27. The Morgan fingerprint density at radius 1 is 1.44 bits per heavy atom. The monoisotopic (exact) mass is 288 g/mol. The predicted octanol–water partition coefficient (Wildman–Crippen LogP) is 2.15. The van der Waals surface area contributed by atoms with Crippen LogP contribution in [0.5, 0.6) is 0 Å². The van der Waals surface area contributed by atoms with E-state index in [1.165, 1.54) is 0 Å². The molecular weight excluding hydrogens is 276 g/mol. The fourth-order valence-corrected chi connectivity index (χ4v) is 2.97. The molecule has 18 heavy (non-hydrogen) atoms. The summed E-state index contributed by atoms with van der Waals surface area (Å²) in [6, 6.07) is 0. The summed E-state index contributed by atoms with van der Waals surface area (Å²) in [6.07, 6.45) is 0.466. The van der Waals surface area contributed by atoms with Gasteiger partial charge >= 0.3 is 5.69 Å². The summed E-state index contributed by atoms with van der Waals surface area (Å²) >= 11 is 7.68. The number of aryl methyl sites for hydroxylation is 1. The molecule has 0 N–H and O–H groups in total. The molecule has 2 heterocycles. The maximum Gasteiger partial charge on any atom is 0.332 e. The molecule has 8 heteroatoms. The summed E-state index contributed by atoms with van der Waals surface area (Å²) < 4.78 is 0. The van der Waals surface area contributed by atoms with Crippen molar-refractivity contribution in [1.29, 1.82) is 0 Å². The highest BCUT2D eigenvalue weighted by Crippen LogP contribution is 2.31. The number of nitrogens with zero attached hydrogens (tertiary/aromatic N) is 4. The molecule has 1 aromatic heterocycles. The molecule has 0 aromatic carbocycles. The van der Waals surface area contributed by atoms with Crippen molar-refractivity contribution in [1.82, 2.24) is 9.97 Å². The van der Waals surface area contributed by atoms with Gasteiger partial charge in [0.15, 0.2) is 0 Å². The van der Waals surface area contributed by atoms with E-state index in [2.05, 4.69) is 9.97 Å². The Labute approximate surface area is 114 Å². The van der Waals surface area contributed by atoms with Crippen LogP contribution in [0.2, 0.25) is 5.28 Å². The van der Waals surface area contributed by atoms with Crippen LogP contribution in [0.3, 0.4) is 0 Å². The molecule has 0 aliphatic carbocycles. The summed E-state index contributed by atoms with van der Waals surface area (Å²) in [4.78, 5) is 20.7. The lowest BCUT2D eigenvalue weighted by Crippen LogP contribution is -2.34. The molecule has 98 valence electrons. The molecule has 1 aliphatic heterocycles. The number of nitro groups is 1. The third-order valence-electron chi connectivity index (χ3n) is 2.74. The van der Waals surface area contributed by atoms with E-state index in [1.807, 2.05) is 23.6 Å². The van der Waals surface area contributed by atoms with Crippen molar-refractivity contribution in [2.24, 2.45) is 0 Å². The van der Waals surface area contributed by atoms with Crippen molar-refractivity contribution in [3.63, 3.8) is 0 Å². The Hall–Kier alpha value is -1.08. The first-order valence-electron chi connectivity index (χ1n) is 5.67. The highest BCUT2D eigenvalue weighted by molar-refractivity contribution is 7.99. The average molecular weight is 289 g/mol. The number of aromatic nitrogens is 2. The van der Waals surface area contributed by atoms with Crippen LogP contribution in [-0.4, -0.2) is 39.5 Å². The molecule has 6 nitrogen and oxygen atoms in total. The topological polar surface area (TPSA) is 72.2 Å². The third-order valence-corrected chi connectivity index (χ3v) is 3.85. The Morgan fingerprint density at radius 3 is 2.67 bits per heavy atom. The normalized spacial score (nSPS) is 15.8. The zero-order valence-corrected chi connectivity index (χ0v) is 11.5. The number of hydrogen-bond donors (Lipinski definition) is 0. The molecule has 0 unspecified atom stereocenters. The lowest BCUT2D eigenvalue weighted by molar-refractivity contribution is -0.385. The fourth-order valence-electron chi connectivity index (χ4n) is 1.89. The molecule has 1 aromatic rings. The van der Waals surface area contributed by atoms with Crippen molar-refractivity contribution < 1.29 is 4.92 Å². The van der Waals surface area contributed by atoms with E-state index < -0.39 is 4.92 Å². The van der Waals surface area contributed by atoms with Crippen LogP contribution in [-0.2, 0) is 6.42 Å². The third kappa shape index (κ3) is 2.67. The predicted molar refractivity (Wildman–Crippen MR) is 72.6 cm³/mol. The molecule has 2 rings (SSSR count). The van der Waals surface area contributed by atoms with Gasteiger partial charge in [0.05, 0.1) is 4.92 Å². The summed E-state index contributed by atoms with van der Waals surface area (Å²) in [5.41, 5.74) is 0.391. The van der Waals surface area contributed by atoms with Crippen LogP contribution < -0.4 is 4.90 Å². The second-order valence-corrected chi connectivity index (χ2v) is 5.38. The quantitative estimate of drug-likeness (QED) is 0.482. The Morgan fingerprint density at radius 2 is 2.11 bits per heavy atom. The van der Waals surface area contributed by atoms with Gasteiger partial charge in [-0.1, -0.05) is 6.92 Å². The molecule has 0 spiro atoms. The van der Waals surface area contributed by atoms with Crippen LogP contribution in [0, 0.1) is 10.1 Å². The number of hydrogen-bond acceptors (Lipinski definition) is 6. The zero-order valence-electron chi connectivity index (χ0n) is 9.93. The van der Waals surface area contributed by atoms with Crippen molar-refractivity contribution in [3.05, 3.63) is 21.1 Å². The zero-order chi connectivity index (χ0) is 13.1. The summed E-state index contributed by atoms with van der Waals surface area (Å²) in [7, 11) is 0. The number of anilines is 1. The number of thioether (sulfide) groups is 1. The highest BCUT2D eigenvalue weighted by Gasteiger charge is 2.28. The molecule has 0 radical (unpaired) electrons. The van der Waals surface area contributed by atoms with Gasteiger partial charge in [-0.05, 0) is 18.0 Å².